The van der Waals surface area contributed by atoms with Crippen LogP contribution >= 0.6 is 0 Å². The van der Waals surface area contributed by atoms with Crippen LogP contribution in [0.4, 0.5) is 11.6 Å². The summed E-state index contributed by atoms with van der Waals surface area (Å²) in [5.74, 6) is 0.507. The molecule has 112 valence electrons. The molecule has 0 aliphatic rings. The van der Waals surface area contributed by atoms with Gasteiger partial charge in [0.05, 0.1) is 6.42 Å². The third-order valence-corrected chi connectivity index (χ3v) is 3.46. The van der Waals surface area contributed by atoms with E-state index in [9.17, 15) is 4.79 Å². The molecule has 0 radical (unpaired) electrons. The summed E-state index contributed by atoms with van der Waals surface area (Å²) in [6, 6.07) is 9.33. The predicted molar refractivity (Wildman–Crippen MR) is 83.4 cm³/mol. The predicted octanol–water partition coefficient (Wildman–Crippen LogP) is 1.50. The number of para-hydroxylation sites is 1. The van der Waals surface area contributed by atoms with Crippen LogP contribution in [-0.4, -0.2) is 25.5 Å². The molecule has 0 fully saturated rings. The second-order valence-electron chi connectivity index (χ2n) is 5.03. The van der Waals surface area contributed by atoms with Crippen molar-refractivity contribution in [1.82, 2.24) is 19.6 Å². The number of nitrogens with two attached hydrogens (primary N) is 1. The molecule has 0 unspecified atom stereocenters. The molecule has 1 amide bonds. The molecular weight excluding hydrogens is 280 g/mol. The Labute approximate surface area is 127 Å². The third kappa shape index (κ3) is 2.60. The average molecular weight is 296 g/mol. The van der Waals surface area contributed by atoms with E-state index < -0.39 is 0 Å². The topological polar surface area (TPSA) is 98.2 Å². The van der Waals surface area contributed by atoms with Crippen LogP contribution in [0.2, 0.25) is 0 Å². The molecule has 3 N–H and O–H groups in total. The highest BCUT2D eigenvalue weighted by molar-refractivity contribution is 5.92. The standard InChI is InChI=1S/C15H16N6O/c1-9-12(8-13(22)18-11-6-4-3-5-7-11)10(2)21-15(17-9)19-14(16)20-21/h3-7H,8H2,1-2H3,(H2,16,20)(H,18,22). The van der Waals surface area contributed by atoms with E-state index in [1.54, 1.807) is 4.52 Å². The average Bonchev–Trinajstić information content (AvgIpc) is 2.85. The zero-order valence-electron chi connectivity index (χ0n) is 12.4. The van der Waals surface area contributed by atoms with Gasteiger partial charge in [-0.05, 0) is 26.0 Å². The molecule has 7 nitrogen and oxygen atoms in total. The fourth-order valence-corrected chi connectivity index (χ4v) is 2.37. The van der Waals surface area contributed by atoms with Crippen molar-refractivity contribution in [2.75, 3.05) is 11.1 Å². The molecule has 1 aromatic carbocycles. The Morgan fingerprint density at radius 2 is 1.95 bits per heavy atom. The van der Waals surface area contributed by atoms with Gasteiger partial charge < -0.3 is 11.1 Å². The molecule has 0 bridgehead atoms. The van der Waals surface area contributed by atoms with Crippen molar-refractivity contribution < 1.29 is 4.79 Å². The zero-order valence-corrected chi connectivity index (χ0v) is 12.4. The van der Waals surface area contributed by atoms with Crippen LogP contribution in [0.3, 0.4) is 0 Å². The van der Waals surface area contributed by atoms with Crippen LogP contribution in [-0.2, 0) is 11.2 Å². The lowest BCUT2D eigenvalue weighted by molar-refractivity contribution is -0.115. The molecule has 0 aliphatic carbocycles. The van der Waals surface area contributed by atoms with Crippen LogP contribution in [0.25, 0.3) is 5.78 Å². The van der Waals surface area contributed by atoms with Gasteiger partial charge in [-0.1, -0.05) is 18.2 Å². The highest BCUT2D eigenvalue weighted by Gasteiger charge is 2.15. The van der Waals surface area contributed by atoms with Crippen molar-refractivity contribution in [2.24, 2.45) is 0 Å². The Kier molecular flexibility index (Phi) is 3.46. The van der Waals surface area contributed by atoms with Gasteiger partial charge >= 0.3 is 0 Å². The van der Waals surface area contributed by atoms with Gasteiger partial charge in [-0.3, -0.25) is 4.79 Å². The van der Waals surface area contributed by atoms with Gasteiger partial charge in [0.25, 0.3) is 5.78 Å². The second kappa shape index (κ2) is 5.44. The second-order valence-corrected chi connectivity index (χ2v) is 5.03. The monoisotopic (exact) mass is 296 g/mol. The molecule has 0 saturated heterocycles. The van der Waals surface area contributed by atoms with Crippen molar-refractivity contribution >= 4 is 23.3 Å². The first-order valence-electron chi connectivity index (χ1n) is 6.88. The molecule has 3 aromatic rings. The van der Waals surface area contributed by atoms with Crippen LogP contribution in [0, 0.1) is 13.8 Å². The van der Waals surface area contributed by atoms with E-state index in [1.807, 2.05) is 44.2 Å². The van der Waals surface area contributed by atoms with Crippen LogP contribution in [0.5, 0.6) is 0 Å². The van der Waals surface area contributed by atoms with Gasteiger partial charge in [-0.25, -0.2) is 4.98 Å². The number of nitrogens with one attached hydrogen (secondary N) is 1. The lowest BCUT2D eigenvalue weighted by Crippen LogP contribution is -2.17. The SMILES string of the molecule is Cc1nc2nc(N)nn2c(C)c1CC(=O)Nc1ccccc1. The number of fused-ring (bicyclic) bond motifs is 1. The van der Waals surface area contributed by atoms with Crippen molar-refractivity contribution in [2.45, 2.75) is 20.3 Å². The first-order valence-corrected chi connectivity index (χ1v) is 6.88. The molecule has 2 heterocycles. The Morgan fingerprint density at radius 3 is 2.68 bits per heavy atom. The Hall–Kier alpha value is -2.96. The summed E-state index contributed by atoms with van der Waals surface area (Å²) >= 11 is 0. The van der Waals surface area contributed by atoms with Gasteiger partial charge in [-0.15, -0.1) is 5.10 Å². The lowest BCUT2D eigenvalue weighted by atomic mass is 10.1. The summed E-state index contributed by atoms with van der Waals surface area (Å²) < 4.78 is 1.56. The molecule has 0 aliphatic heterocycles. The van der Waals surface area contributed by atoms with Crippen molar-refractivity contribution in [3.05, 3.63) is 47.3 Å². The Bertz CT molecular complexity index is 840. The van der Waals surface area contributed by atoms with E-state index in [0.29, 0.717) is 5.78 Å². The van der Waals surface area contributed by atoms with E-state index in [-0.39, 0.29) is 18.3 Å². The number of carbonyl (C=O) groups excluding carboxylic acids is 1. The maximum absolute atomic E-state index is 12.2. The summed E-state index contributed by atoms with van der Waals surface area (Å²) in [6.45, 7) is 3.73. The molecule has 0 saturated carbocycles. The van der Waals surface area contributed by atoms with Crippen molar-refractivity contribution in [1.29, 1.82) is 0 Å². The van der Waals surface area contributed by atoms with Crippen LogP contribution in [0.1, 0.15) is 17.0 Å². The molecule has 22 heavy (non-hydrogen) atoms. The number of hydrogen-bond donors (Lipinski definition) is 2. The van der Waals surface area contributed by atoms with E-state index in [2.05, 4.69) is 20.4 Å². The summed E-state index contributed by atoms with van der Waals surface area (Å²) in [5, 5.41) is 6.96. The van der Waals surface area contributed by atoms with Crippen LogP contribution in [0.15, 0.2) is 30.3 Å². The Morgan fingerprint density at radius 1 is 1.23 bits per heavy atom. The minimum atomic E-state index is -0.105. The highest BCUT2D eigenvalue weighted by Crippen LogP contribution is 2.16. The van der Waals surface area contributed by atoms with E-state index in [0.717, 1.165) is 22.6 Å². The van der Waals surface area contributed by atoms with Gasteiger partial charge in [-0.2, -0.15) is 9.50 Å². The third-order valence-electron chi connectivity index (χ3n) is 3.46. The number of nitrogens with zero attached hydrogens (tertiary/aromatic N) is 4. The maximum Gasteiger partial charge on any atom is 0.254 e. The van der Waals surface area contributed by atoms with Gasteiger partial charge in [0.1, 0.15) is 0 Å². The number of hydrogen-bond acceptors (Lipinski definition) is 5. The van der Waals surface area contributed by atoms with Gasteiger partial charge in [0.15, 0.2) is 0 Å². The van der Waals surface area contributed by atoms with Gasteiger partial charge in [0.2, 0.25) is 11.9 Å². The Balaban J connectivity index is 1.88. The molecule has 2 aromatic heterocycles. The smallest absolute Gasteiger partial charge is 0.254 e. The normalized spacial score (nSPS) is 10.8. The van der Waals surface area contributed by atoms with Gasteiger partial charge in [0, 0.05) is 22.6 Å². The summed E-state index contributed by atoms with van der Waals surface area (Å²) in [6.07, 6.45) is 0.218. The largest absolute Gasteiger partial charge is 0.366 e. The zero-order chi connectivity index (χ0) is 15.7. The quantitative estimate of drug-likeness (QED) is 0.763. The molecule has 7 heteroatoms. The number of anilines is 2. The maximum atomic E-state index is 12.2. The molecule has 0 spiro atoms. The molecule has 0 atom stereocenters. The van der Waals surface area contributed by atoms with E-state index >= 15 is 0 Å². The number of aromatic nitrogens is 4. The minimum absolute atomic E-state index is 0.105. The summed E-state index contributed by atoms with van der Waals surface area (Å²) in [4.78, 5) is 20.6. The number of benzene rings is 1. The molecule has 3 rings (SSSR count). The lowest BCUT2D eigenvalue weighted by Gasteiger charge is -2.10. The fourth-order valence-electron chi connectivity index (χ4n) is 2.37. The first-order chi connectivity index (χ1) is 10.5. The highest BCUT2D eigenvalue weighted by atomic mass is 16.1. The number of carbonyl (C=O) groups is 1. The fraction of sp³-hybridized carbons (Fsp3) is 0.200. The summed E-state index contributed by atoms with van der Waals surface area (Å²) in [5.41, 5.74) is 8.76. The van der Waals surface area contributed by atoms with Crippen molar-refractivity contribution in [3.8, 4) is 0 Å². The van der Waals surface area contributed by atoms with E-state index in [1.165, 1.54) is 0 Å². The number of amides is 1. The number of rotatable bonds is 3. The number of nitrogen functional groups attached to an aromatic ring is 1. The first kappa shape index (κ1) is 14.0. The molecular formula is C15H16N6O. The van der Waals surface area contributed by atoms with E-state index in [4.69, 9.17) is 5.73 Å². The number of aryl methyl sites for hydroxylation is 2. The van der Waals surface area contributed by atoms with Crippen molar-refractivity contribution in [3.63, 3.8) is 0 Å². The van der Waals surface area contributed by atoms with Crippen LogP contribution < -0.4 is 11.1 Å². The summed E-state index contributed by atoms with van der Waals surface area (Å²) in [7, 11) is 0. The minimum Gasteiger partial charge on any atom is -0.366 e.